The van der Waals surface area contributed by atoms with Gasteiger partial charge < -0.3 is 10.1 Å². The predicted molar refractivity (Wildman–Crippen MR) is 98.8 cm³/mol. The van der Waals surface area contributed by atoms with Crippen molar-refractivity contribution in [2.75, 3.05) is 25.5 Å². The molecule has 4 nitrogen and oxygen atoms in total. The molecule has 0 aliphatic rings. The van der Waals surface area contributed by atoms with Crippen molar-refractivity contribution in [2.45, 2.75) is 27.3 Å². The molecule has 2 aromatic rings. The van der Waals surface area contributed by atoms with Crippen LogP contribution in [-0.2, 0) is 6.54 Å². The summed E-state index contributed by atoms with van der Waals surface area (Å²) in [6.45, 7) is 9.17. The largest absolute Gasteiger partial charge is 0.496 e. The van der Waals surface area contributed by atoms with Crippen LogP contribution in [0.4, 0.5) is 5.69 Å². The number of carbonyl (C=O) groups is 1. The first-order valence-corrected chi connectivity index (χ1v) is 8.34. The fourth-order valence-electron chi connectivity index (χ4n) is 2.62. The van der Waals surface area contributed by atoms with Gasteiger partial charge in [0.15, 0.2) is 0 Å². The topological polar surface area (TPSA) is 41.6 Å². The number of aryl methyl sites for hydroxylation is 1. The summed E-state index contributed by atoms with van der Waals surface area (Å²) in [5, 5.41) is 2.97. The number of ether oxygens (including phenoxy) is 1. The average molecular weight is 326 g/mol. The van der Waals surface area contributed by atoms with E-state index in [9.17, 15) is 4.79 Å². The molecular weight excluding hydrogens is 300 g/mol. The molecule has 1 amide bonds. The number of carbonyl (C=O) groups excluding carboxylic acids is 1. The van der Waals surface area contributed by atoms with Crippen molar-refractivity contribution >= 4 is 11.6 Å². The molecule has 24 heavy (non-hydrogen) atoms. The minimum Gasteiger partial charge on any atom is -0.496 e. The molecule has 0 bridgehead atoms. The summed E-state index contributed by atoms with van der Waals surface area (Å²) in [5.74, 6) is 0.589. The van der Waals surface area contributed by atoms with Crippen LogP contribution in [0.1, 0.15) is 35.3 Å². The third-order valence-corrected chi connectivity index (χ3v) is 4.16. The van der Waals surface area contributed by atoms with Gasteiger partial charge in [-0.15, -0.1) is 0 Å². The van der Waals surface area contributed by atoms with Crippen molar-refractivity contribution < 1.29 is 9.53 Å². The van der Waals surface area contributed by atoms with Crippen LogP contribution in [0.3, 0.4) is 0 Å². The lowest BCUT2D eigenvalue weighted by Crippen LogP contribution is -2.22. The van der Waals surface area contributed by atoms with E-state index in [0.29, 0.717) is 5.56 Å². The maximum absolute atomic E-state index is 12.5. The number of amides is 1. The normalized spacial score (nSPS) is 10.7. The van der Waals surface area contributed by atoms with E-state index in [1.807, 2.05) is 37.3 Å². The number of benzene rings is 2. The van der Waals surface area contributed by atoms with Crippen molar-refractivity contribution in [3.05, 3.63) is 59.2 Å². The van der Waals surface area contributed by atoms with Crippen molar-refractivity contribution in [1.29, 1.82) is 0 Å². The number of rotatable bonds is 7. The van der Waals surface area contributed by atoms with Gasteiger partial charge in [-0.3, -0.25) is 9.69 Å². The number of nitrogens with zero attached hydrogens (tertiary/aromatic N) is 1. The molecule has 0 spiro atoms. The van der Waals surface area contributed by atoms with Crippen molar-refractivity contribution in [3.63, 3.8) is 0 Å². The Morgan fingerprint density at radius 2 is 1.88 bits per heavy atom. The van der Waals surface area contributed by atoms with Crippen LogP contribution in [0.5, 0.6) is 5.75 Å². The zero-order chi connectivity index (χ0) is 17.5. The quantitative estimate of drug-likeness (QED) is 0.833. The molecule has 128 valence electrons. The standard InChI is InChI=1S/C20H26N2O2/c1-5-22(6-2)14-16-8-7-9-18(12-16)21-20(23)17-11-10-15(3)19(13-17)24-4/h7-13H,5-6,14H2,1-4H3,(H,21,23). The highest BCUT2D eigenvalue weighted by Crippen LogP contribution is 2.20. The van der Waals surface area contributed by atoms with E-state index in [2.05, 4.69) is 30.1 Å². The second kappa shape index (κ2) is 8.50. The van der Waals surface area contributed by atoms with Gasteiger partial charge in [-0.1, -0.05) is 32.0 Å². The van der Waals surface area contributed by atoms with Gasteiger partial charge in [0.1, 0.15) is 5.75 Å². The van der Waals surface area contributed by atoms with E-state index in [1.165, 1.54) is 5.56 Å². The summed E-state index contributed by atoms with van der Waals surface area (Å²) in [4.78, 5) is 14.8. The molecule has 0 saturated heterocycles. The van der Waals surface area contributed by atoms with Gasteiger partial charge in [0, 0.05) is 17.8 Å². The monoisotopic (exact) mass is 326 g/mol. The molecule has 4 heteroatoms. The van der Waals surface area contributed by atoms with E-state index in [1.54, 1.807) is 13.2 Å². The molecule has 0 aliphatic heterocycles. The van der Waals surface area contributed by atoms with Crippen LogP contribution in [0, 0.1) is 6.92 Å². The lowest BCUT2D eigenvalue weighted by atomic mass is 10.1. The van der Waals surface area contributed by atoms with Crippen LogP contribution < -0.4 is 10.1 Å². The lowest BCUT2D eigenvalue weighted by Gasteiger charge is -2.18. The molecule has 0 heterocycles. The van der Waals surface area contributed by atoms with Gasteiger partial charge in [0.2, 0.25) is 0 Å². The second-order valence-corrected chi connectivity index (χ2v) is 5.80. The lowest BCUT2D eigenvalue weighted by molar-refractivity contribution is 0.102. The highest BCUT2D eigenvalue weighted by molar-refractivity contribution is 6.04. The van der Waals surface area contributed by atoms with Crippen LogP contribution in [0.2, 0.25) is 0 Å². The fourth-order valence-corrected chi connectivity index (χ4v) is 2.62. The number of hydrogen-bond acceptors (Lipinski definition) is 3. The molecule has 0 aliphatic carbocycles. The van der Waals surface area contributed by atoms with Gasteiger partial charge in [0.05, 0.1) is 7.11 Å². The summed E-state index contributed by atoms with van der Waals surface area (Å²) in [5.41, 5.74) is 3.60. The highest BCUT2D eigenvalue weighted by atomic mass is 16.5. The van der Waals surface area contributed by atoms with Gasteiger partial charge in [0.25, 0.3) is 5.91 Å². The van der Waals surface area contributed by atoms with Gasteiger partial charge in [-0.2, -0.15) is 0 Å². The Hall–Kier alpha value is -2.33. The van der Waals surface area contributed by atoms with E-state index >= 15 is 0 Å². The third-order valence-electron chi connectivity index (χ3n) is 4.16. The van der Waals surface area contributed by atoms with Crippen LogP contribution in [-0.4, -0.2) is 31.0 Å². The first-order valence-electron chi connectivity index (χ1n) is 8.34. The smallest absolute Gasteiger partial charge is 0.255 e. The Morgan fingerprint density at radius 3 is 2.54 bits per heavy atom. The zero-order valence-electron chi connectivity index (χ0n) is 14.9. The summed E-state index contributed by atoms with van der Waals surface area (Å²) in [7, 11) is 1.61. The summed E-state index contributed by atoms with van der Waals surface area (Å²) >= 11 is 0. The van der Waals surface area contributed by atoms with Crippen molar-refractivity contribution in [3.8, 4) is 5.75 Å². The molecule has 0 unspecified atom stereocenters. The van der Waals surface area contributed by atoms with E-state index in [-0.39, 0.29) is 5.91 Å². The minimum atomic E-state index is -0.131. The van der Waals surface area contributed by atoms with E-state index in [0.717, 1.165) is 36.6 Å². The summed E-state index contributed by atoms with van der Waals surface area (Å²) in [6.07, 6.45) is 0. The first-order chi connectivity index (χ1) is 11.6. The molecule has 2 aromatic carbocycles. The SMILES string of the molecule is CCN(CC)Cc1cccc(NC(=O)c2ccc(C)c(OC)c2)c1. The summed E-state index contributed by atoms with van der Waals surface area (Å²) < 4.78 is 5.29. The number of nitrogens with one attached hydrogen (secondary N) is 1. The molecule has 1 N–H and O–H groups in total. The third kappa shape index (κ3) is 4.59. The van der Waals surface area contributed by atoms with Crippen LogP contribution in [0.25, 0.3) is 0 Å². The Morgan fingerprint density at radius 1 is 1.12 bits per heavy atom. The Bertz CT molecular complexity index is 694. The van der Waals surface area contributed by atoms with Crippen molar-refractivity contribution in [2.24, 2.45) is 0 Å². The predicted octanol–water partition coefficient (Wildman–Crippen LogP) is 4.10. The molecule has 0 radical (unpaired) electrons. The van der Waals surface area contributed by atoms with Crippen LogP contribution in [0.15, 0.2) is 42.5 Å². The minimum absolute atomic E-state index is 0.131. The maximum atomic E-state index is 12.5. The second-order valence-electron chi connectivity index (χ2n) is 5.80. The van der Waals surface area contributed by atoms with Gasteiger partial charge in [-0.25, -0.2) is 0 Å². The van der Waals surface area contributed by atoms with Gasteiger partial charge in [-0.05, 0) is 55.4 Å². The Labute approximate surface area is 144 Å². The molecule has 2 rings (SSSR count). The molecule has 0 aromatic heterocycles. The average Bonchev–Trinajstić information content (AvgIpc) is 2.60. The van der Waals surface area contributed by atoms with E-state index in [4.69, 9.17) is 4.74 Å². The fraction of sp³-hybridized carbons (Fsp3) is 0.350. The highest BCUT2D eigenvalue weighted by Gasteiger charge is 2.10. The molecule has 0 saturated carbocycles. The van der Waals surface area contributed by atoms with Gasteiger partial charge >= 0.3 is 0 Å². The van der Waals surface area contributed by atoms with E-state index < -0.39 is 0 Å². The van der Waals surface area contributed by atoms with Crippen molar-refractivity contribution in [1.82, 2.24) is 4.90 Å². The number of methoxy groups -OCH3 is 1. The Balaban J connectivity index is 2.11. The van der Waals surface area contributed by atoms with Crippen LogP contribution >= 0.6 is 0 Å². The maximum Gasteiger partial charge on any atom is 0.255 e. The Kier molecular flexibility index (Phi) is 6.38. The molecular formula is C20H26N2O2. The zero-order valence-corrected chi connectivity index (χ0v) is 14.9. The summed E-state index contributed by atoms with van der Waals surface area (Å²) in [6, 6.07) is 13.5. The first kappa shape index (κ1) is 18.0. The molecule has 0 fully saturated rings. The number of anilines is 1. The number of hydrogen-bond donors (Lipinski definition) is 1. The molecule has 0 atom stereocenters.